The van der Waals surface area contributed by atoms with Crippen LogP contribution in [0.1, 0.15) is 20.3 Å². The van der Waals surface area contributed by atoms with Gasteiger partial charge >= 0.3 is 5.88 Å². The molecular weight excluding hydrogens is 198 g/mol. The van der Waals surface area contributed by atoms with Crippen LogP contribution in [0, 0.1) is 12.0 Å². The molecule has 0 saturated heterocycles. The molecule has 1 rings (SSSR count). The van der Waals surface area contributed by atoms with Gasteiger partial charge in [0.05, 0.1) is 4.91 Å². The smallest absolute Gasteiger partial charge is 0.299 e. The molecule has 0 atom stereocenters. The largest absolute Gasteiger partial charge is 0.316 e. The molecule has 1 aliphatic rings. The first kappa shape index (κ1) is 11.0. The van der Waals surface area contributed by atoms with E-state index in [0.717, 1.165) is 0 Å². The highest BCUT2D eigenvalue weighted by atomic mass is 32.2. The van der Waals surface area contributed by atoms with Gasteiger partial charge in [0.25, 0.3) is 9.84 Å². The summed E-state index contributed by atoms with van der Waals surface area (Å²) in [6.07, 6.45) is 5.88. The molecule has 0 aromatic rings. The molecule has 0 aromatic heterocycles. The summed E-state index contributed by atoms with van der Waals surface area (Å²) >= 11 is 0. The van der Waals surface area contributed by atoms with Crippen molar-refractivity contribution in [1.29, 1.82) is 0 Å². The zero-order chi connectivity index (χ0) is 10.8. The van der Waals surface area contributed by atoms with Crippen LogP contribution in [0.5, 0.6) is 0 Å². The standard InChI is InChI=1S/C10H13NO2S/c1-10(2)6-4-9(5-7-10)14(12,13)8-11-3/h4-6H,7-8H2,1-2H3. The first-order chi connectivity index (χ1) is 6.37. The Bertz CT molecular complexity index is 422. The van der Waals surface area contributed by atoms with E-state index in [2.05, 4.69) is 4.85 Å². The summed E-state index contributed by atoms with van der Waals surface area (Å²) in [6.45, 7) is 10.6. The van der Waals surface area contributed by atoms with E-state index in [-0.39, 0.29) is 10.3 Å². The van der Waals surface area contributed by atoms with E-state index >= 15 is 0 Å². The molecule has 0 heterocycles. The second-order valence-electron chi connectivity index (χ2n) is 4.03. The fourth-order valence-corrected chi connectivity index (χ4v) is 2.13. The Balaban J connectivity index is 2.92. The van der Waals surface area contributed by atoms with Crippen LogP contribution in [0.3, 0.4) is 0 Å². The predicted octanol–water partition coefficient (Wildman–Crippen LogP) is 2.15. The van der Waals surface area contributed by atoms with E-state index in [1.54, 1.807) is 12.2 Å². The average molecular weight is 211 g/mol. The maximum absolute atomic E-state index is 11.5. The van der Waals surface area contributed by atoms with Gasteiger partial charge in [0.1, 0.15) is 0 Å². The van der Waals surface area contributed by atoms with E-state index in [1.165, 1.54) is 0 Å². The SMILES string of the molecule is [C-]#[N+]CS(=O)(=O)C1=CCC(C)(C)C=C1. The molecule has 14 heavy (non-hydrogen) atoms. The minimum absolute atomic E-state index is 0.0249. The van der Waals surface area contributed by atoms with Gasteiger partial charge in [-0.05, 0) is 17.9 Å². The monoisotopic (exact) mass is 211 g/mol. The van der Waals surface area contributed by atoms with Crippen molar-refractivity contribution in [3.05, 3.63) is 34.6 Å². The van der Waals surface area contributed by atoms with Crippen molar-refractivity contribution in [2.24, 2.45) is 5.41 Å². The molecule has 0 fully saturated rings. The first-order valence-electron chi connectivity index (χ1n) is 4.33. The van der Waals surface area contributed by atoms with Gasteiger partial charge in [-0.2, -0.15) is 0 Å². The lowest BCUT2D eigenvalue weighted by Gasteiger charge is -2.21. The summed E-state index contributed by atoms with van der Waals surface area (Å²) in [5.41, 5.74) is 0.0249. The van der Waals surface area contributed by atoms with Gasteiger partial charge in [0.15, 0.2) is 0 Å². The third kappa shape index (κ3) is 2.46. The highest BCUT2D eigenvalue weighted by Gasteiger charge is 2.24. The normalized spacial score (nSPS) is 19.9. The Labute approximate surface area is 84.9 Å². The first-order valence-corrected chi connectivity index (χ1v) is 5.98. The lowest BCUT2D eigenvalue weighted by Crippen LogP contribution is -2.13. The molecule has 0 aromatic carbocycles. The van der Waals surface area contributed by atoms with Gasteiger partial charge in [-0.3, -0.25) is 4.85 Å². The zero-order valence-corrected chi connectivity index (χ0v) is 9.13. The van der Waals surface area contributed by atoms with Crippen molar-refractivity contribution >= 4 is 9.84 Å². The van der Waals surface area contributed by atoms with E-state index < -0.39 is 15.7 Å². The Morgan fingerprint density at radius 1 is 1.57 bits per heavy atom. The van der Waals surface area contributed by atoms with Gasteiger partial charge in [-0.1, -0.05) is 26.0 Å². The van der Waals surface area contributed by atoms with Crippen LogP contribution >= 0.6 is 0 Å². The predicted molar refractivity (Wildman–Crippen MR) is 56.0 cm³/mol. The van der Waals surface area contributed by atoms with Gasteiger partial charge in [-0.25, -0.2) is 15.0 Å². The van der Waals surface area contributed by atoms with Crippen LogP contribution in [0.15, 0.2) is 23.1 Å². The summed E-state index contributed by atoms with van der Waals surface area (Å²) < 4.78 is 22.9. The molecule has 0 amide bonds. The molecule has 0 aliphatic heterocycles. The fourth-order valence-electron chi connectivity index (χ4n) is 1.20. The van der Waals surface area contributed by atoms with Gasteiger partial charge in [-0.15, -0.1) is 0 Å². The van der Waals surface area contributed by atoms with Crippen LogP contribution in [-0.4, -0.2) is 14.3 Å². The van der Waals surface area contributed by atoms with Crippen molar-refractivity contribution < 1.29 is 8.42 Å². The molecule has 4 heteroatoms. The molecular formula is C10H13NO2S. The maximum atomic E-state index is 11.5. The molecule has 0 bridgehead atoms. The van der Waals surface area contributed by atoms with E-state index in [1.807, 2.05) is 19.9 Å². The molecule has 0 spiro atoms. The molecule has 3 nitrogen and oxygen atoms in total. The molecule has 1 aliphatic carbocycles. The number of hydrogen-bond acceptors (Lipinski definition) is 2. The summed E-state index contributed by atoms with van der Waals surface area (Å²) in [7, 11) is -3.36. The second kappa shape index (κ2) is 3.58. The zero-order valence-electron chi connectivity index (χ0n) is 8.32. The molecule has 0 unspecified atom stereocenters. The Morgan fingerprint density at radius 2 is 2.21 bits per heavy atom. The molecule has 0 radical (unpaired) electrons. The summed E-state index contributed by atoms with van der Waals surface area (Å²) in [4.78, 5) is 3.19. The van der Waals surface area contributed by atoms with Gasteiger partial charge in [0, 0.05) is 0 Å². The lowest BCUT2D eigenvalue weighted by molar-refractivity contribution is 0.483. The quantitative estimate of drug-likeness (QED) is 0.656. The Hall–Kier alpha value is -1.08. The minimum atomic E-state index is -3.36. The van der Waals surface area contributed by atoms with Crippen LogP contribution in [0.25, 0.3) is 4.85 Å². The van der Waals surface area contributed by atoms with E-state index in [0.29, 0.717) is 6.42 Å². The highest BCUT2D eigenvalue weighted by Crippen LogP contribution is 2.30. The second-order valence-corrected chi connectivity index (χ2v) is 5.99. The van der Waals surface area contributed by atoms with Crippen molar-refractivity contribution in [1.82, 2.24) is 0 Å². The molecule has 76 valence electrons. The van der Waals surface area contributed by atoms with Crippen LogP contribution in [0.2, 0.25) is 0 Å². The van der Waals surface area contributed by atoms with E-state index in [4.69, 9.17) is 6.57 Å². The number of sulfone groups is 1. The summed E-state index contributed by atoms with van der Waals surface area (Å²) in [5, 5.41) is 0. The van der Waals surface area contributed by atoms with Crippen LogP contribution in [0.4, 0.5) is 0 Å². The maximum Gasteiger partial charge on any atom is 0.316 e. The third-order valence-electron chi connectivity index (χ3n) is 2.12. The van der Waals surface area contributed by atoms with Crippen molar-refractivity contribution in [2.45, 2.75) is 20.3 Å². The summed E-state index contributed by atoms with van der Waals surface area (Å²) in [6, 6.07) is 0. The Kier molecular flexibility index (Phi) is 2.81. The third-order valence-corrected chi connectivity index (χ3v) is 3.61. The van der Waals surface area contributed by atoms with Crippen molar-refractivity contribution in [3.8, 4) is 0 Å². The number of nitrogens with zero attached hydrogens (tertiary/aromatic N) is 1. The minimum Gasteiger partial charge on any atom is -0.299 e. The van der Waals surface area contributed by atoms with Crippen LogP contribution in [-0.2, 0) is 9.84 Å². The summed E-state index contributed by atoms with van der Waals surface area (Å²) in [5.74, 6) is -0.455. The van der Waals surface area contributed by atoms with Gasteiger partial charge < -0.3 is 0 Å². The average Bonchev–Trinajstić information content (AvgIpc) is 2.03. The highest BCUT2D eigenvalue weighted by molar-refractivity contribution is 7.95. The number of rotatable bonds is 2. The van der Waals surface area contributed by atoms with Crippen molar-refractivity contribution in [2.75, 3.05) is 5.88 Å². The molecule has 0 saturated carbocycles. The van der Waals surface area contributed by atoms with Crippen molar-refractivity contribution in [3.63, 3.8) is 0 Å². The number of allylic oxidation sites excluding steroid dienone is 3. The molecule has 0 N–H and O–H groups in total. The van der Waals surface area contributed by atoms with E-state index in [9.17, 15) is 8.42 Å². The Morgan fingerprint density at radius 3 is 2.64 bits per heavy atom. The lowest BCUT2D eigenvalue weighted by atomic mass is 9.86. The van der Waals surface area contributed by atoms with Gasteiger partial charge in [0.2, 0.25) is 0 Å². The van der Waals surface area contributed by atoms with Crippen LogP contribution < -0.4 is 0 Å². The fraction of sp³-hybridized carbons (Fsp3) is 0.500. The number of hydrogen-bond donors (Lipinski definition) is 0. The topological polar surface area (TPSA) is 38.5 Å².